The van der Waals surface area contributed by atoms with Crippen molar-refractivity contribution in [2.24, 2.45) is 5.14 Å². The van der Waals surface area contributed by atoms with Gasteiger partial charge in [-0.1, -0.05) is 42.5 Å². The van der Waals surface area contributed by atoms with Gasteiger partial charge in [0.2, 0.25) is 10.0 Å². The Morgan fingerprint density at radius 3 is 2.32 bits per heavy atom. The van der Waals surface area contributed by atoms with Crippen molar-refractivity contribution in [3.8, 4) is 11.3 Å². The van der Waals surface area contributed by atoms with E-state index in [0.29, 0.717) is 6.42 Å². The molecule has 0 bridgehead atoms. The molecule has 0 radical (unpaired) electrons. The SMILES string of the molecule is NS(=O)(=O)c1ccc(Cc2cn[nH]c2-c2ccccc2)cc1. The summed E-state index contributed by atoms with van der Waals surface area (Å²) >= 11 is 0. The highest BCUT2D eigenvalue weighted by atomic mass is 32.2. The topological polar surface area (TPSA) is 88.8 Å². The number of primary sulfonamides is 1. The van der Waals surface area contributed by atoms with Crippen LogP contribution >= 0.6 is 0 Å². The quantitative estimate of drug-likeness (QED) is 0.774. The lowest BCUT2D eigenvalue weighted by atomic mass is 10.0. The Morgan fingerprint density at radius 2 is 1.68 bits per heavy atom. The van der Waals surface area contributed by atoms with E-state index in [9.17, 15) is 8.42 Å². The van der Waals surface area contributed by atoms with E-state index in [-0.39, 0.29) is 4.90 Å². The molecular formula is C16H15N3O2S. The molecule has 0 amide bonds. The van der Waals surface area contributed by atoms with Crippen LogP contribution in [0.4, 0.5) is 0 Å². The zero-order valence-electron chi connectivity index (χ0n) is 11.7. The molecular weight excluding hydrogens is 298 g/mol. The van der Waals surface area contributed by atoms with Gasteiger partial charge in [0, 0.05) is 12.0 Å². The summed E-state index contributed by atoms with van der Waals surface area (Å²) in [5, 5.41) is 12.2. The summed E-state index contributed by atoms with van der Waals surface area (Å²) in [6.45, 7) is 0. The number of hydrogen-bond donors (Lipinski definition) is 2. The number of benzene rings is 2. The standard InChI is InChI=1S/C16H15N3O2S/c17-22(20,21)15-8-6-12(7-9-15)10-14-11-18-19-16(14)13-4-2-1-3-5-13/h1-9,11H,10H2,(H,18,19)(H2,17,20,21). The number of hydrogen-bond acceptors (Lipinski definition) is 3. The van der Waals surface area contributed by atoms with Gasteiger partial charge in [0.25, 0.3) is 0 Å². The maximum absolute atomic E-state index is 11.3. The van der Waals surface area contributed by atoms with Crippen LogP contribution in [0.1, 0.15) is 11.1 Å². The summed E-state index contributed by atoms with van der Waals surface area (Å²) in [4.78, 5) is 0.117. The minimum absolute atomic E-state index is 0.117. The van der Waals surface area contributed by atoms with E-state index >= 15 is 0 Å². The van der Waals surface area contributed by atoms with E-state index < -0.39 is 10.0 Å². The van der Waals surface area contributed by atoms with Crippen molar-refractivity contribution in [3.05, 3.63) is 71.9 Å². The van der Waals surface area contributed by atoms with Crippen molar-refractivity contribution in [2.75, 3.05) is 0 Å². The molecule has 0 aliphatic carbocycles. The molecule has 1 heterocycles. The van der Waals surface area contributed by atoms with Crippen LogP contribution in [0.3, 0.4) is 0 Å². The van der Waals surface area contributed by atoms with Crippen LogP contribution in [0.15, 0.2) is 65.7 Å². The lowest BCUT2D eigenvalue weighted by molar-refractivity contribution is 0.598. The Bertz CT molecular complexity index is 869. The molecule has 3 rings (SSSR count). The van der Waals surface area contributed by atoms with Gasteiger partial charge >= 0.3 is 0 Å². The van der Waals surface area contributed by atoms with Crippen molar-refractivity contribution >= 4 is 10.0 Å². The average Bonchev–Trinajstić information content (AvgIpc) is 2.96. The highest BCUT2D eigenvalue weighted by Gasteiger charge is 2.10. The van der Waals surface area contributed by atoms with E-state index in [4.69, 9.17) is 5.14 Å². The lowest BCUT2D eigenvalue weighted by Crippen LogP contribution is -2.11. The van der Waals surface area contributed by atoms with E-state index in [1.807, 2.05) is 30.3 Å². The van der Waals surface area contributed by atoms with Crippen LogP contribution in [-0.2, 0) is 16.4 Å². The third-order valence-electron chi connectivity index (χ3n) is 3.43. The van der Waals surface area contributed by atoms with Crippen LogP contribution in [-0.4, -0.2) is 18.6 Å². The third-order valence-corrected chi connectivity index (χ3v) is 4.36. The maximum Gasteiger partial charge on any atom is 0.238 e. The monoisotopic (exact) mass is 313 g/mol. The van der Waals surface area contributed by atoms with Crippen molar-refractivity contribution in [1.29, 1.82) is 0 Å². The third kappa shape index (κ3) is 3.08. The largest absolute Gasteiger partial charge is 0.278 e. The maximum atomic E-state index is 11.3. The van der Waals surface area contributed by atoms with Crippen LogP contribution in [0.25, 0.3) is 11.3 Å². The summed E-state index contributed by atoms with van der Waals surface area (Å²) in [6.07, 6.45) is 2.45. The molecule has 0 spiro atoms. The molecule has 5 nitrogen and oxygen atoms in total. The number of nitrogens with one attached hydrogen (secondary N) is 1. The molecule has 112 valence electrons. The normalized spacial score (nSPS) is 11.5. The number of aromatic nitrogens is 2. The van der Waals surface area contributed by atoms with Gasteiger partial charge in [0.05, 0.1) is 16.8 Å². The predicted molar refractivity (Wildman–Crippen MR) is 84.6 cm³/mol. The molecule has 0 saturated carbocycles. The number of H-pyrrole nitrogens is 1. The first-order valence-electron chi connectivity index (χ1n) is 6.73. The van der Waals surface area contributed by atoms with Gasteiger partial charge in [-0.15, -0.1) is 0 Å². The van der Waals surface area contributed by atoms with Crippen molar-refractivity contribution < 1.29 is 8.42 Å². The molecule has 6 heteroatoms. The van der Waals surface area contributed by atoms with Gasteiger partial charge in [0.1, 0.15) is 0 Å². The second-order valence-corrected chi connectivity index (χ2v) is 6.56. The van der Waals surface area contributed by atoms with Crippen molar-refractivity contribution in [1.82, 2.24) is 10.2 Å². The fraction of sp³-hybridized carbons (Fsp3) is 0.0625. The van der Waals surface area contributed by atoms with Crippen LogP contribution in [0.5, 0.6) is 0 Å². The van der Waals surface area contributed by atoms with Gasteiger partial charge in [0.15, 0.2) is 0 Å². The van der Waals surface area contributed by atoms with Crippen LogP contribution in [0, 0.1) is 0 Å². The number of aromatic amines is 1. The summed E-state index contributed by atoms with van der Waals surface area (Å²) in [5.41, 5.74) is 4.08. The Morgan fingerprint density at radius 1 is 1.00 bits per heavy atom. The Balaban J connectivity index is 1.87. The Kier molecular flexibility index (Phi) is 3.79. The lowest BCUT2D eigenvalue weighted by Gasteiger charge is -2.05. The Hall–Kier alpha value is -2.44. The molecule has 1 aromatic heterocycles. The molecule has 0 unspecified atom stereocenters. The number of sulfonamides is 1. The second kappa shape index (κ2) is 5.75. The zero-order chi connectivity index (χ0) is 15.6. The first-order chi connectivity index (χ1) is 10.5. The van der Waals surface area contributed by atoms with E-state index in [1.54, 1.807) is 18.3 Å². The summed E-state index contributed by atoms with van der Waals surface area (Å²) in [7, 11) is -3.65. The molecule has 0 saturated heterocycles. The first kappa shape index (κ1) is 14.5. The van der Waals surface area contributed by atoms with Gasteiger partial charge < -0.3 is 0 Å². The molecule has 0 aliphatic rings. The van der Waals surface area contributed by atoms with Crippen LogP contribution in [0.2, 0.25) is 0 Å². The summed E-state index contributed by atoms with van der Waals surface area (Å²) in [6, 6.07) is 16.5. The first-order valence-corrected chi connectivity index (χ1v) is 8.28. The van der Waals surface area contributed by atoms with E-state index in [2.05, 4.69) is 10.2 Å². The molecule has 0 atom stereocenters. The summed E-state index contributed by atoms with van der Waals surface area (Å²) < 4.78 is 22.5. The average molecular weight is 313 g/mol. The highest BCUT2D eigenvalue weighted by molar-refractivity contribution is 7.89. The fourth-order valence-corrected chi connectivity index (χ4v) is 2.83. The minimum atomic E-state index is -3.65. The molecule has 22 heavy (non-hydrogen) atoms. The number of nitrogens with two attached hydrogens (primary N) is 1. The second-order valence-electron chi connectivity index (χ2n) is 5.00. The molecule has 3 N–H and O–H groups in total. The molecule has 0 aliphatic heterocycles. The van der Waals surface area contributed by atoms with E-state index in [0.717, 1.165) is 22.4 Å². The molecule has 0 fully saturated rings. The molecule has 3 aromatic rings. The van der Waals surface area contributed by atoms with E-state index in [1.165, 1.54) is 12.1 Å². The van der Waals surface area contributed by atoms with Gasteiger partial charge in [-0.05, 0) is 23.3 Å². The fourth-order valence-electron chi connectivity index (χ4n) is 2.32. The van der Waals surface area contributed by atoms with Gasteiger partial charge in [-0.25, -0.2) is 13.6 Å². The number of nitrogens with zero attached hydrogens (tertiary/aromatic N) is 1. The summed E-state index contributed by atoms with van der Waals surface area (Å²) in [5.74, 6) is 0. The zero-order valence-corrected chi connectivity index (χ0v) is 12.5. The Labute approximate surface area is 128 Å². The highest BCUT2D eigenvalue weighted by Crippen LogP contribution is 2.23. The predicted octanol–water partition coefficient (Wildman–Crippen LogP) is 2.31. The number of rotatable bonds is 4. The van der Waals surface area contributed by atoms with Crippen molar-refractivity contribution in [2.45, 2.75) is 11.3 Å². The van der Waals surface area contributed by atoms with Gasteiger partial charge in [-0.3, -0.25) is 5.10 Å². The smallest absolute Gasteiger partial charge is 0.238 e. The minimum Gasteiger partial charge on any atom is -0.278 e. The van der Waals surface area contributed by atoms with Crippen molar-refractivity contribution in [3.63, 3.8) is 0 Å². The van der Waals surface area contributed by atoms with Gasteiger partial charge in [-0.2, -0.15) is 5.10 Å². The molecule has 2 aromatic carbocycles. The van der Waals surface area contributed by atoms with Crippen LogP contribution < -0.4 is 5.14 Å².